The van der Waals surface area contributed by atoms with Crippen LogP contribution in [0.2, 0.25) is 0 Å². The maximum absolute atomic E-state index is 11.9. The predicted octanol–water partition coefficient (Wildman–Crippen LogP) is 1.99. The number of alkyl halides is 1. The lowest BCUT2D eigenvalue weighted by molar-refractivity contribution is 0.458. The number of aromatic nitrogens is 1. The summed E-state index contributed by atoms with van der Waals surface area (Å²) < 4.78 is 26.7. The SMILES string of the molecule is O=S(=O)(CCCCCl)NC1CCN(c2ccccn2)CC1. The molecule has 0 saturated carbocycles. The fraction of sp³-hybridized carbons (Fsp3) is 0.643. The zero-order valence-corrected chi connectivity index (χ0v) is 13.6. The van der Waals surface area contributed by atoms with Gasteiger partial charge in [-0.3, -0.25) is 0 Å². The Morgan fingerprint density at radius 1 is 1.29 bits per heavy atom. The second-order valence-corrected chi connectivity index (χ2v) is 7.53. The molecule has 118 valence electrons. The monoisotopic (exact) mass is 331 g/mol. The molecule has 1 N–H and O–H groups in total. The van der Waals surface area contributed by atoms with Crippen LogP contribution in [0.1, 0.15) is 25.7 Å². The van der Waals surface area contributed by atoms with Crippen LogP contribution in [-0.4, -0.2) is 44.2 Å². The number of rotatable bonds is 7. The van der Waals surface area contributed by atoms with Gasteiger partial charge in [0.05, 0.1) is 5.75 Å². The molecule has 1 aliphatic rings. The van der Waals surface area contributed by atoms with Crippen molar-refractivity contribution in [2.45, 2.75) is 31.7 Å². The summed E-state index contributed by atoms with van der Waals surface area (Å²) in [5, 5.41) is 0. The minimum absolute atomic E-state index is 0.0333. The lowest BCUT2D eigenvalue weighted by Gasteiger charge is -2.32. The lowest BCUT2D eigenvalue weighted by atomic mass is 10.1. The molecule has 2 rings (SSSR count). The third kappa shape index (κ3) is 5.45. The van der Waals surface area contributed by atoms with Crippen molar-refractivity contribution in [2.75, 3.05) is 29.6 Å². The number of nitrogens with one attached hydrogen (secondary N) is 1. The fourth-order valence-corrected chi connectivity index (χ4v) is 4.10. The van der Waals surface area contributed by atoms with Crippen molar-refractivity contribution >= 4 is 27.4 Å². The molecule has 0 radical (unpaired) electrons. The van der Waals surface area contributed by atoms with E-state index in [2.05, 4.69) is 14.6 Å². The first-order chi connectivity index (χ1) is 10.1. The van der Waals surface area contributed by atoms with Crippen LogP contribution in [0.3, 0.4) is 0 Å². The highest BCUT2D eigenvalue weighted by Gasteiger charge is 2.23. The molecular weight excluding hydrogens is 310 g/mol. The van der Waals surface area contributed by atoms with Crippen LogP contribution >= 0.6 is 11.6 Å². The number of piperidine rings is 1. The van der Waals surface area contributed by atoms with E-state index >= 15 is 0 Å². The zero-order chi connectivity index (χ0) is 15.1. The molecule has 0 bridgehead atoms. The van der Waals surface area contributed by atoms with Gasteiger partial charge in [0.15, 0.2) is 0 Å². The van der Waals surface area contributed by atoms with Crippen molar-refractivity contribution in [1.82, 2.24) is 9.71 Å². The molecule has 7 heteroatoms. The topological polar surface area (TPSA) is 62.3 Å². The molecule has 1 fully saturated rings. The van der Waals surface area contributed by atoms with E-state index in [1.807, 2.05) is 18.2 Å². The number of pyridine rings is 1. The van der Waals surface area contributed by atoms with Gasteiger partial charge < -0.3 is 4.90 Å². The van der Waals surface area contributed by atoms with E-state index in [4.69, 9.17) is 11.6 Å². The summed E-state index contributed by atoms with van der Waals surface area (Å²) in [6.45, 7) is 1.65. The number of halogens is 1. The Kier molecular flexibility index (Phi) is 6.26. The van der Waals surface area contributed by atoms with Crippen molar-refractivity contribution in [2.24, 2.45) is 0 Å². The van der Waals surface area contributed by atoms with Crippen molar-refractivity contribution in [3.63, 3.8) is 0 Å². The van der Waals surface area contributed by atoms with E-state index in [0.717, 1.165) is 38.2 Å². The van der Waals surface area contributed by atoms with Gasteiger partial charge in [-0.1, -0.05) is 6.07 Å². The molecule has 0 atom stereocenters. The molecule has 0 aromatic carbocycles. The van der Waals surface area contributed by atoms with E-state index in [-0.39, 0.29) is 11.8 Å². The van der Waals surface area contributed by atoms with Crippen LogP contribution in [-0.2, 0) is 10.0 Å². The summed E-state index contributed by atoms with van der Waals surface area (Å²) in [6, 6.07) is 5.88. The fourth-order valence-electron chi connectivity index (χ4n) is 2.47. The first kappa shape index (κ1) is 16.5. The van der Waals surface area contributed by atoms with Gasteiger partial charge in [0.25, 0.3) is 0 Å². The Bertz CT molecular complexity index is 516. The van der Waals surface area contributed by atoms with Crippen LogP contribution < -0.4 is 9.62 Å². The summed E-state index contributed by atoms with van der Waals surface area (Å²) in [6.07, 6.45) is 4.75. The third-order valence-electron chi connectivity index (χ3n) is 3.61. The lowest BCUT2D eigenvalue weighted by Crippen LogP contribution is -2.45. The molecule has 0 spiro atoms. The Morgan fingerprint density at radius 2 is 2.05 bits per heavy atom. The number of hydrogen-bond donors (Lipinski definition) is 1. The van der Waals surface area contributed by atoms with E-state index in [0.29, 0.717) is 12.3 Å². The van der Waals surface area contributed by atoms with Crippen LogP contribution in [0.4, 0.5) is 5.82 Å². The molecule has 2 heterocycles. The summed E-state index contributed by atoms with van der Waals surface area (Å²) in [4.78, 5) is 6.52. The van der Waals surface area contributed by atoms with Gasteiger partial charge in [0, 0.05) is 31.2 Å². The molecule has 0 unspecified atom stereocenters. The number of nitrogens with zero attached hydrogens (tertiary/aromatic N) is 2. The number of sulfonamides is 1. The highest BCUT2D eigenvalue weighted by Crippen LogP contribution is 2.17. The van der Waals surface area contributed by atoms with Gasteiger partial charge in [-0.15, -0.1) is 11.6 Å². The highest BCUT2D eigenvalue weighted by atomic mass is 35.5. The molecular formula is C14H22ClN3O2S. The van der Waals surface area contributed by atoms with Gasteiger partial charge >= 0.3 is 0 Å². The van der Waals surface area contributed by atoms with Gasteiger partial charge in [-0.05, 0) is 37.8 Å². The van der Waals surface area contributed by atoms with Gasteiger partial charge in [0.2, 0.25) is 10.0 Å². The van der Waals surface area contributed by atoms with Gasteiger partial charge in [0.1, 0.15) is 5.82 Å². The Morgan fingerprint density at radius 3 is 2.67 bits per heavy atom. The second kappa shape index (κ2) is 7.96. The number of hydrogen-bond acceptors (Lipinski definition) is 4. The molecule has 5 nitrogen and oxygen atoms in total. The van der Waals surface area contributed by atoms with Crippen LogP contribution in [0.25, 0.3) is 0 Å². The molecule has 1 saturated heterocycles. The molecule has 1 aliphatic heterocycles. The third-order valence-corrected chi connectivity index (χ3v) is 5.40. The summed E-state index contributed by atoms with van der Waals surface area (Å²) >= 11 is 5.57. The van der Waals surface area contributed by atoms with E-state index < -0.39 is 10.0 Å². The van der Waals surface area contributed by atoms with Crippen molar-refractivity contribution in [1.29, 1.82) is 0 Å². The Balaban J connectivity index is 1.79. The largest absolute Gasteiger partial charge is 0.357 e. The number of anilines is 1. The normalized spacial score (nSPS) is 17.1. The Labute approximate surface area is 131 Å². The summed E-state index contributed by atoms with van der Waals surface area (Å²) in [5.74, 6) is 1.64. The number of unbranched alkanes of at least 4 members (excludes halogenated alkanes) is 1. The van der Waals surface area contributed by atoms with Gasteiger partial charge in [-0.2, -0.15) is 0 Å². The maximum atomic E-state index is 11.9. The van der Waals surface area contributed by atoms with E-state index in [1.165, 1.54) is 0 Å². The first-order valence-electron chi connectivity index (χ1n) is 7.33. The van der Waals surface area contributed by atoms with Gasteiger partial charge in [-0.25, -0.2) is 18.1 Å². The van der Waals surface area contributed by atoms with Crippen molar-refractivity contribution in [3.8, 4) is 0 Å². The smallest absolute Gasteiger partial charge is 0.211 e. The minimum Gasteiger partial charge on any atom is -0.357 e. The molecule has 0 aliphatic carbocycles. The van der Waals surface area contributed by atoms with E-state index in [1.54, 1.807) is 6.20 Å². The quantitative estimate of drug-likeness (QED) is 0.613. The van der Waals surface area contributed by atoms with Crippen molar-refractivity contribution < 1.29 is 8.42 Å². The maximum Gasteiger partial charge on any atom is 0.211 e. The molecule has 1 aromatic heterocycles. The van der Waals surface area contributed by atoms with Crippen LogP contribution in [0.5, 0.6) is 0 Å². The molecule has 21 heavy (non-hydrogen) atoms. The molecule has 1 aromatic rings. The Hall–Kier alpha value is -0.850. The average Bonchev–Trinajstić information content (AvgIpc) is 2.49. The average molecular weight is 332 g/mol. The summed E-state index contributed by atoms with van der Waals surface area (Å²) in [7, 11) is -3.18. The zero-order valence-electron chi connectivity index (χ0n) is 12.0. The summed E-state index contributed by atoms with van der Waals surface area (Å²) in [5.41, 5.74) is 0. The second-order valence-electron chi connectivity index (χ2n) is 5.28. The minimum atomic E-state index is -3.18. The van der Waals surface area contributed by atoms with Crippen LogP contribution in [0, 0.1) is 0 Å². The standard InChI is InChI=1S/C14H22ClN3O2S/c15-8-2-4-12-21(19,20)17-13-6-10-18(11-7-13)14-5-1-3-9-16-14/h1,3,5,9,13,17H,2,4,6-8,10-12H2. The van der Waals surface area contributed by atoms with Crippen LogP contribution in [0.15, 0.2) is 24.4 Å². The first-order valence-corrected chi connectivity index (χ1v) is 9.51. The highest BCUT2D eigenvalue weighted by molar-refractivity contribution is 7.89. The predicted molar refractivity (Wildman–Crippen MR) is 86.3 cm³/mol. The molecule has 0 amide bonds. The van der Waals surface area contributed by atoms with Crippen molar-refractivity contribution in [3.05, 3.63) is 24.4 Å². The van der Waals surface area contributed by atoms with E-state index in [9.17, 15) is 8.42 Å².